The lowest BCUT2D eigenvalue weighted by molar-refractivity contribution is -0.138. The summed E-state index contributed by atoms with van der Waals surface area (Å²) in [6.45, 7) is 6.05. The normalized spacial score (nSPS) is 24.5. The van der Waals surface area contributed by atoms with Crippen LogP contribution in [0, 0.1) is 11.8 Å². The van der Waals surface area contributed by atoms with Gasteiger partial charge in [-0.2, -0.15) is 0 Å². The van der Waals surface area contributed by atoms with E-state index >= 15 is 0 Å². The van der Waals surface area contributed by atoms with Gasteiger partial charge in [0.25, 0.3) is 0 Å². The second kappa shape index (κ2) is 10.4. The van der Waals surface area contributed by atoms with Crippen LogP contribution in [0.5, 0.6) is 0 Å². The lowest BCUT2D eigenvalue weighted by Crippen LogP contribution is -2.51. The molecule has 0 aromatic rings. The van der Waals surface area contributed by atoms with Crippen molar-refractivity contribution in [1.82, 2.24) is 20.0 Å². The van der Waals surface area contributed by atoms with Crippen molar-refractivity contribution in [3.8, 4) is 0 Å². The first-order chi connectivity index (χ1) is 12.2. The second-order valence-corrected chi connectivity index (χ2v) is 7.92. The monoisotopic (exact) mass is 386 g/mol. The number of nitrogens with zero attached hydrogens (tertiary/aromatic N) is 3. The quantitative estimate of drug-likeness (QED) is 0.805. The number of nitrogens with one attached hydrogen (secondary N) is 1. The molecule has 0 saturated carbocycles. The summed E-state index contributed by atoms with van der Waals surface area (Å²) in [4.78, 5) is 31.5. The van der Waals surface area contributed by atoms with E-state index in [0.29, 0.717) is 6.54 Å². The summed E-state index contributed by atoms with van der Waals surface area (Å²) in [6, 6.07) is 0.153. The Morgan fingerprint density at radius 1 is 0.885 bits per heavy atom. The lowest BCUT2D eigenvalue weighted by atomic mass is 9.91. The largest absolute Gasteiger partial charge is 0.342 e. The van der Waals surface area contributed by atoms with Crippen LogP contribution < -0.4 is 5.32 Å². The van der Waals surface area contributed by atoms with Gasteiger partial charge in [0.15, 0.2) is 0 Å². The Balaban J connectivity index is 0.00000243. The molecule has 0 aromatic carbocycles. The van der Waals surface area contributed by atoms with Crippen LogP contribution >= 0.6 is 12.4 Å². The van der Waals surface area contributed by atoms with Gasteiger partial charge in [-0.05, 0) is 64.5 Å². The first-order valence-electron chi connectivity index (χ1n) is 10.2. The maximum Gasteiger partial charge on any atom is 0.320 e. The number of hydrogen-bond donors (Lipinski definition) is 1. The maximum absolute atomic E-state index is 12.9. The van der Waals surface area contributed by atoms with Gasteiger partial charge in [-0.3, -0.25) is 4.79 Å². The van der Waals surface area contributed by atoms with Crippen LogP contribution in [0.3, 0.4) is 0 Å². The van der Waals surface area contributed by atoms with Gasteiger partial charge in [0.1, 0.15) is 0 Å². The van der Waals surface area contributed by atoms with Crippen LogP contribution in [0.4, 0.5) is 4.79 Å². The second-order valence-electron chi connectivity index (χ2n) is 7.92. The Kier molecular flexibility index (Phi) is 8.48. The summed E-state index contributed by atoms with van der Waals surface area (Å²) in [5.74, 6) is 1.04. The van der Waals surface area contributed by atoms with Gasteiger partial charge >= 0.3 is 6.03 Å². The summed E-state index contributed by atoms with van der Waals surface area (Å²) in [5.41, 5.74) is 0. The SMILES string of the molecule is CNCCC1CCN(C(=O)C2CCCN(C(=O)N3CCCC3)C2)CC1.Cl. The summed E-state index contributed by atoms with van der Waals surface area (Å²) in [5, 5.41) is 3.22. The lowest BCUT2D eigenvalue weighted by Gasteiger charge is -2.38. The van der Waals surface area contributed by atoms with E-state index in [1.807, 2.05) is 16.8 Å². The third-order valence-electron chi connectivity index (χ3n) is 6.15. The zero-order valence-electron chi connectivity index (χ0n) is 16.1. The van der Waals surface area contributed by atoms with Gasteiger partial charge in [0, 0.05) is 39.3 Å². The molecule has 0 bridgehead atoms. The molecule has 0 spiro atoms. The minimum atomic E-state index is 0. The fraction of sp³-hybridized carbons (Fsp3) is 0.895. The van der Waals surface area contributed by atoms with E-state index in [4.69, 9.17) is 0 Å². The highest BCUT2D eigenvalue weighted by Gasteiger charge is 2.34. The van der Waals surface area contributed by atoms with Gasteiger partial charge in [-0.25, -0.2) is 4.79 Å². The number of carbonyl (C=O) groups excluding carboxylic acids is 2. The van der Waals surface area contributed by atoms with Crippen molar-refractivity contribution in [2.45, 2.75) is 44.9 Å². The van der Waals surface area contributed by atoms with E-state index in [1.165, 1.54) is 6.42 Å². The molecule has 0 aromatic heterocycles. The summed E-state index contributed by atoms with van der Waals surface area (Å²) < 4.78 is 0. The molecule has 150 valence electrons. The molecule has 1 N–H and O–H groups in total. The third kappa shape index (κ3) is 5.26. The Bertz CT molecular complexity index is 462. The van der Waals surface area contributed by atoms with Crippen molar-refractivity contribution < 1.29 is 9.59 Å². The van der Waals surface area contributed by atoms with Gasteiger partial charge in [-0.15, -0.1) is 12.4 Å². The smallest absolute Gasteiger partial charge is 0.320 e. The molecule has 1 atom stereocenters. The molecule has 0 radical (unpaired) electrons. The van der Waals surface area contributed by atoms with Crippen LogP contribution in [-0.2, 0) is 4.79 Å². The number of amides is 3. The average Bonchev–Trinajstić information content (AvgIpc) is 3.20. The van der Waals surface area contributed by atoms with Crippen molar-refractivity contribution >= 4 is 24.3 Å². The van der Waals surface area contributed by atoms with E-state index in [1.54, 1.807) is 0 Å². The highest BCUT2D eigenvalue weighted by Crippen LogP contribution is 2.25. The molecular weight excluding hydrogens is 352 g/mol. The molecule has 3 aliphatic rings. The number of carbonyl (C=O) groups is 2. The number of urea groups is 1. The van der Waals surface area contributed by atoms with E-state index in [2.05, 4.69) is 10.2 Å². The fourth-order valence-corrected chi connectivity index (χ4v) is 4.51. The van der Waals surface area contributed by atoms with Crippen LogP contribution in [0.2, 0.25) is 0 Å². The molecule has 0 aliphatic carbocycles. The molecule has 3 rings (SSSR count). The number of likely N-dealkylation sites (tertiary alicyclic amines) is 3. The third-order valence-corrected chi connectivity index (χ3v) is 6.15. The predicted molar refractivity (Wildman–Crippen MR) is 106 cm³/mol. The molecule has 7 heteroatoms. The number of halogens is 1. The highest BCUT2D eigenvalue weighted by molar-refractivity contribution is 5.85. The van der Waals surface area contributed by atoms with Crippen molar-refractivity contribution in [1.29, 1.82) is 0 Å². The number of piperidine rings is 2. The van der Waals surface area contributed by atoms with Crippen LogP contribution in [0.1, 0.15) is 44.9 Å². The van der Waals surface area contributed by atoms with E-state index < -0.39 is 0 Å². The number of hydrogen-bond acceptors (Lipinski definition) is 3. The molecule has 26 heavy (non-hydrogen) atoms. The standard InChI is InChI=1S/C19H34N4O2.ClH/c1-20-9-6-16-7-13-21(14-8-16)18(24)17-5-4-12-23(15-17)19(25)22-10-2-3-11-22;/h16-17,20H,2-15H2,1H3;1H. The minimum absolute atomic E-state index is 0. The van der Waals surface area contributed by atoms with Crippen molar-refractivity contribution in [2.75, 3.05) is 52.9 Å². The number of rotatable bonds is 4. The van der Waals surface area contributed by atoms with Crippen molar-refractivity contribution in [3.05, 3.63) is 0 Å². The fourth-order valence-electron chi connectivity index (χ4n) is 4.51. The van der Waals surface area contributed by atoms with Gasteiger partial charge in [0.05, 0.1) is 5.92 Å². The van der Waals surface area contributed by atoms with Crippen molar-refractivity contribution in [3.63, 3.8) is 0 Å². The van der Waals surface area contributed by atoms with E-state index in [0.717, 1.165) is 83.7 Å². The predicted octanol–water partition coefficient (Wildman–Crippen LogP) is 2.18. The highest BCUT2D eigenvalue weighted by atomic mass is 35.5. The topological polar surface area (TPSA) is 55.9 Å². The van der Waals surface area contributed by atoms with Crippen LogP contribution in [-0.4, -0.2) is 79.5 Å². The molecule has 6 nitrogen and oxygen atoms in total. The maximum atomic E-state index is 12.9. The molecule has 3 fully saturated rings. The molecule has 1 unspecified atom stereocenters. The minimum Gasteiger partial charge on any atom is -0.342 e. The Morgan fingerprint density at radius 3 is 2.19 bits per heavy atom. The molecule has 3 amide bonds. The van der Waals surface area contributed by atoms with E-state index in [-0.39, 0.29) is 30.3 Å². The first kappa shape index (κ1) is 21.3. The molecule has 3 saturated heterocycles. The summed E-state index contributed by atoms with van der Waals surface area (Å²) in [7, 11) is 2.00. The zero-order chi connectivity index (χ0) is 17.6. The van der Waals surface area contributed by atoms with Gasteiger partial charge in [0.2, 0.25) is 5.91 Å². The van der Waals surface area contributed by atoms with Crippen LogP contribution in [0.15, 0.2) is 0 Å². The zero-order valence-corrected chi connectivity index (χ0v) is 16.9. The summed E-state index contributed by atoms with van der Waals surface area (Å²) >= 11 is 0. The Hall–Kier alpha value is -1.01. The molecule has 3 heterocycles. The average molecular weight is 387 g/mol. The molecule has 3 aliphatic heterocycles. The van der Waals surface area contributed by atoms with E-state index in [9.17, 15) is 9.59 Å². The Morgan fingerprint density at radius 2 is 1.54 bits per heavy atom. The van der Waals surface area contributed by atoms with Gasteiger partial charge < -0.3 is 20.0 Å². The molecular formula is C19H35ClN4O2. The van der Waals surface area contributed by atoms with Crippen LogP contribution in [0.25, 0.3) is 0 Å². The first-order valence-corrected chi connectivity index (χ1v) is 10.2. The summed E-state index contributed by atoms with van der Waals surface area (Å²) in [6.07, 6.45) is 7.57. The Labute approximate surface area is 164 Å². The van der Waals surface area contributed by atoms with Gasteiger partial charge in [-0.1, -0.05) is 0 Å². The van der Waals surface area contributed by atoms with Crippen molar-refractivity contribution in [2.24, 2.45) is 11.8 Å².